The van der Waals surface area contributed by atoms with E-state index in [4.69, 9.17) is 10.5 Å². The molecule has 0 aliphatic carbocycles. The third kappa shape index (κ3) is 3.16. The monoisotopic (exact) mass is 209 g/mol. The summed E-state index contributed by atoms with van der Waals surface area (Å²) in [6.07, 6.45) is 3.26. The summed E-state index contributed by atoms with van der Waals surface area (Å²) in [4.78, 5) is 8.39. The maximum absolute atomic E-state index is 5.57. The first-order chi connectivity index (χ1) is 7.19. The summed E-state index contributed by atoms with van der Waals surface area (Å²) in [5.41, 5.74) is 7.68. The third-order valence-electron chi connectivity index (χ3n) is 2.18. The van der Waals surface area contributed by atoms with E-state index in [0.717, 1.165) is 24.1 Å². The van der Waals surface area contributed by atoms with E-state index in [2.05, 4.69) is 23.8 Å². The molecule has 0 amide bonds. The molecule has 0 fully saturated rings. The molecule has 0 aromatic carbocycles. The summed E-state index contributed by atoms with van der Waals surface area (Å²) in [7, 11) is 1.63. The molecule has 15 heavy (non-hydrogen) atoms. The molecule has 0 spiro atoms. The maximum atomic E-state index is 5.57. The van der Waals surface area contributed by atoms with E-state index in [1.54, 1.807) is 13.4 Å². The summed E-state index contributed by atoms with van der Waals surface area (Å²) in [5, 5.41) is 0. The highest BCUT2D eigenvalue weighted by Gasteiger charge is 2.12. The molecule has 0 saturated heterocycles. The fraction of sp³-hybridized carbons (Fsp3) is 0.636. The second-order valence-electron chi connectivity index (χ2n) is 3.94. The van der Waals surface area contributed by atoms with Gasteiger partial charge in [0.25, 0.3) is 0 Å². The van der Waals surface area contributed by atoms with E-state index >= 15 is 0 Å². The molecule has 0 bridgehead atoms. The second kappa shape index (κ2) is 5.66. The standard InChI is InChI=1S/C11H19N3O/c1-8(2)6-10-9(4-5-12)11(15-3)14-7-13-10/h7-8H,4-6,12H2,1-3H3. The summed E-state index contributed by atoms with van der Waals surface area (Å²) in [5.74, 6) is 1.23. The van der Waals surface area contributed by atoms with Gasteiger partial charge in [-0.1, -0.05) is 13.8 Å². The maximum Gasteiger partial charge on any atom is 0.219 e. The Balaban J connectivity index is 3.01. The first kappa shape index (κ1) is 11.9. The van der Waals surface area contributed by atoms with Crippen molar-refractivity contribution in [2.75, 3.05) is 13.7 Å². The van der Waals surface area contributed by atoms with Gasteiger partial charge in [0.15, 0.2) is 0 Å². The van der Waals surface area contributed by atoms with E-state index in [-0.39, 0.29) is 0 Å². The lowest BCUT2D eigenvalue weighted by molar-refractivity contribution is 0.389. The van der Waals surface area contributed by atoms with Gasteiger partial charge in [-0.25, -0.2) is 9.97 Å². The van der Waals surface area contributed by atoms with Crippen LogP contribution in [0.25, 0.3) is 0 Å². The smallest absolute Gasteiger partial charge is 0.219 e. The van der Waals surface area contributed by atoms with Crippen LogP contribution < -0.4 is 10.5 Å². The molecule has 84 valence electrons. The van der Waals surface area contributed by atoms with E-state index in [0.29, 0.717) is 18.3 Å². The predicted molar refractivity (Wildman–Crippen MR) is 59.9 cm³/mol. The van der Waals surface area contributed by atoms with Crippen molar-refractivity contribution < 1.29 is 4.74 Å². The average Bonchev–Trinajstić information content (AvgIpc) is 2.20. The number of nitrogens with two attached hydrogens (primary N) is 1. The Labute approximate surface area is 90.9 Å². The molecule has 4 heteroatoms. The van der Waals surface area contributed by atoms with Gasteiger partial charge in [-0.3, -0.25) is 0 Å². The van der Waals surface area contributed by atoms with Crippen LogP contribution in [-0.4, -0.2) is 23.6 Å². The molecule has 1 rings (SSSR count). The Morgan fingerprint density at radius 3 is 2.67 bits per heavy atom. The molecule has 1 aromatic rings. The van der Waals surface area contributed by atoms with Gasteiger partial charge < -0.3 is 10.5 Å². The van der Waals surface area contributed by atoms with Crippen molar-refractivity contribution >= 4 is 0 Å². The van der Waals surface area contributed by atoms with E-state index in [1.807, 2.05) is 0 Å². The Morgan fingerprint density at radius 2 is 2.13 bits per heavy atom. The SMILES string of the molecule is COc1ncnc(CC(C)C)c1CCN. The molecule has 0 radical (unpaired) electrons. The summed E-state index contributed by atoms with van der Waals surface area (Å²) in [6, 6.07) is 0. The first-order valence-corrected chi connectivity index (χ1v) is 5.25. The van der Waals surface area contributed by atoms with Gasteiger partial charge in [0.1, 0.15) is 6.33 Å². The fourth-order valence-electron chi connectivity index (χ4n) is 1.56. The Kier molecular flexibility index (Phi) is 4.49. The summed E-state index contributed by atoms with van der Waals surface area (Å²) < 4.78 is 5.21. The van der Waals surface area contributed by atoms with Gasteiger partial charge in [-0.15, -0.1) is 0 Å². The van der Waals surface area contributed by atoms with Crippen LogP contribution in [0.5, 0.6) is 5.88 Å². The molecule has 0 aliphatic rings. The van der Waals surface area contributed by atoms with Gasteiger partial charge in [0.2, 0.25) is 5.88 Å². The van der Waals surface area contributed by atoms with Gasteiger partial charge in [-0.05, 0) is 25.3 Å². The van der Waals surface area contributed by atoms with Crippen LogP contribution in [0.4, 0.5) is 0 Å². The number of methoxy groups -OCH3 is 1. The number of nitrogens with zero attached hydrogens (tertiary/aromatic N) is 2. The van der Waals surface area contributed by atoms with Crippen LogP contribution in [0.1, 0.15) is 25.1 Å². The molecule has 0 unspecified atom stereocenters. The number of rotatable bonds is 5. The lowest BCUT2D eigenvalue weighted by Crippen LogP contribution is -2.11. The molecular weight excluding hydrogens is 190 g/mol. The lowest BCUT2D eigenvalue weighted by atomic mass is 10.0. The number of hydrogen-bond acceptors (Lipinski definition) is 4. The molecule has 0 saturated carbocycles. The van der Waals surface area contributed by atoms with Crippen molar-refractivity contribution in [3.63, 3.8) is 0 Å². The van der Waals surface area contributed by atoms with Gasteiger partial charge in [0.05, 0.1) is 12.8 Å². The minimum atomic E-state index is 0.570. The van der Waals surface area contributed by atoms with Crippen LogP contribution in [0, 0.1) is 5.92 Å². The van der Waals surface area contributed by atoms with Crippen molar-refractivity contribution in [3.05, 3.63) is 17.6 Å². The number of aromatic nitrogens is 2. The second-order valence-corrected chi connectivity index (χ2v) is 3.94. The van der Waals surface area contributed by atoms with Crippen molar-refractivity contribution in [2.45, 2.75) is 26.7 Å². The molecule has 0 atom stereocenters. The van der Waals surface area contributed by atoms with Crippen LogP contribution in [0.15, 0.2) is 6.33 Å². The van der Waals surface area contributed by atoms with Crippen molar-refractivity contribution in [3.8, 4) is 5.88 Å². The minimum absolute atomic E-state index is 0.570. The quantitative estimate of drug-likeness (QED) is 0.791. The van der Waals surface area contributed by atoms with Crippen LogP contribution in [0.3, 0.4) is 0 Å². The fourth-order valence-corrected chi connectivity index (χ4v) is 1.56. The molecule has 4 nitrogen and oxygen atoms in total. The largest absolute Gasteiger partial charge is 0.481 e. The highest BCUT2D eigenvalue weighted by atomic mass is 16.5. The van der Waals surface area contributed by atoms with Gasteiger partial charge in [0, 0.05) is 5.56 Å². The summed E-state index contributed by atoms with van der Waals surface area (Å²) in [6.45, 7) is 4.93. The Morgan fingerprint density at radius 1 is 1.40 bits per heavy atom. The van der Waals surface area contributed by atoms with E-state index in [9.17, 15) is 0 Å². The number of ether oxygens (including phenoxy) is 1. The zero-order valence-electron chi connectivity index (χ0n) is 9.66. The van der Waals surface area contributed by atoms with Crippen molar-refractivity contribution in [1.82, 2.24) is 9.97 Å². The Bertz CT molecular complexity index is 313. The molecule has 0 aliphatic heterocycles. The van der Waals surface area contributed by atoms with E-state index < -0.39 is 0 Å². The van der Waals surface area contributed by atoms with Crippen LogP contribution in [0.2, 0.25) is 0 Å². The average molecular weight is 209 g/mol. The number of hydrogen-bond donors (Lipinski definition) is 1. The van der Waals surface area contributed by atoms with Crippen molar-refractivity contribution in [2.24, 2.45) is 11.7 Å². The molecule has 1 heterocycles. The van der Waals surface area contributed by atoms with Crippen LogP contribution in [-0.2, 0) is 12.8 Å². The normalized spacial score (nSPS) is 10.7. The first-order valence-electron chi connectivity index (χ1n) is 5.25. The molecule has 2 N–H and O–H groups in total. The van der Waals surface area contributed by atoms with Gasteiger partial charge >= 0.3 is 0 Å². The highest BCUT2D eigenvalue weighted by molar-refractivity contribution is 5.30. The zero-order valence-corrected chi connectivity index (χ0v) is 9.66. The molecule has 1 aromatic heterocycles. The van der Waals surface area contributed by atoms with Gasteiger partial charge in [-0.2, -0.15) is 0 Å². The Hall–Kier alpha value is -1.16. The highest BCUT2D eigenvalue weighted by Crippen LogP contribution is 2.20. The van der Waals surface area contributed by atoms with Crippen molar-refractivity contribution in [1.29, 1.82) is 0 Å². The molecular formula is C11H19N3O. The zero-order chi connectivity index (χ0) is 11.3. The van der Waals surface area contributed by atoms with Crippen LogP contribution >= 0.6 is 0 Å². The minimum Gasteiger partial charge on any atom is -0.481 e. The third-order valence-corrected chi connectivity index (χ3v) is 2.18. The summed E-state index contributed by atoms with van der Waals surface area (Å²) >= 11 is 0. The topological polar surface area (TPSA) is 61.0 Å². The lowest BCUT2D eigenvalue weighted by Gasteiger charge is -2.12. The predicted octanol–water partition coefficient (Wildman–Crippen LogP) is 1.18. The van der Waals surface area contributed by atoms with E-state index in [1.165, 1.54) is 0 Å².